The van der Waals surface area contributed by atoms with Crippen LogP contribution in [0.4, 0.5) is 0 Å². The zero-order chi connectivity index (χ0) is 31.1. The third-order valence-corrected chi connectivity index (χ3v) is 10.1. The van der Waals surface area contributed by atoms with E-state index in [0.717, 1.165) is 28.0 Å². The molecule has 0 N–H and O–H groups in total. The largest absolute Gasteiger partial charge is 0.485 e. The van der Waals surface area contributed by atoms with Crippen LogP contribution in [0, 0.1) is 0 Å². The molecule has 7 aromatic rings. The number of allylic oxidation sites excluding steroid dienone is 2. The van der Waals surface area contributed by atoms with Crippen LogP contribution in [0.15, 0.2) is 126 Å². The Morgan fingerprint density at radius 3 is 1.85 bits per heavy atom. The van der Waals surface area contributed by atoms with Crippen molar-refractivity contribution in [1.29, 1.82) is 0 Å². The number of benzene rings is 6. The summed E-state index contributed by atoms with van der Waals surface area (Å²) in [5, 5.41) is 6.41. The molecule has 0 saturated carbocycles. The summed E-state index contributed by atoms with van der Waals surface area (Å²) in [4.78, 5) is 0. The lowest BCUT2D eigenvalue weighted by Gasteiger charge is -2.23. The maximum absolute atomic E-state index is 6.59. The lowest BCUT2D eigenvalue weighted by molar-refractivity contribution is 0.269. The molecule has 6 aromatic carbocycles. The van der Waals surface area contributed by atoms with Gasteiger partial charge in [0.15, 0.2) is 0 Å². The van der Waals surface area contributed by atoms with Crippen molar-refractivity contribution in [3.63, 3.8) is 0 Å². The fraction of sp³-hybridized carbons (Fsp3) is 0.0500. The van der Waals surface area contributed by atoms with Gasteiger partial charge in [-0.1, -0.05) is 113 Å². The van der Waals surface area contributed by atoms with E-state index in [1.807, 2.05) is 0 Å². The monoisotopic (exact) mass is 586 g/mol. The van der Waals surface area contributed by atoms with Gasteiger partial charge in [-0.25, -0.2) is 0 Å². The first-order chi connectivity index (χ1) is 22.5. The molecule has 214 valence electrons. The molecule has 0 spiro atoms. The SMILES string of the molecule is Bc1ccc(B)c2c(-c3ccc4oc(-c5cccc6c5C5C=CC=CC5O6)cc4c3)c3c(B)ccc(B)c3c(-c3ccccc3)c12. The number of fused-ring (bicyclic) bond motifs is 6. The lowest BCUT2D eigenvalue weighted by atomic mass is 9.71. The number of furan rings is 1. The van der Waals surface area contributed by atoms with E-state index in [1.54, 1.807) is 0 Å². The smallest absolute Gasteiger partial charge is 0.140 e. The molecule has 1 aliphatic carbocycles. The van der Waals surface area contributed by atoms with Crippen LogP contribution in [-0.2, 0) is 0 Å². The highest BCUT2D eigenvalue weighted by Crippen LogP contribution is 2.47. The zero-order valence-electron chi connectivity index (χ0n) is 26.5. The van der Waals surface area contributed by atoms with Crippen molar-refractivity contribution in [1.82, 2.24) is 0 Å². The van der Waals surface area contributed by atoms with Crippen molar-refractivity contribution in [3.05, 3.63) is 127 Å². The van der Waals surface area contributed by atoms with Gasteiger partial charge in [-0.05, 0) is 74.1 Å². The van der Waals surface area contributed by atoms with Gasteiger partial charge in [0.25, 0.3) is 0 Å². The van der Waals surface area contributed by atoms with Crippen LogP contribution < -0.4 is 26.6 Å². The summed E-state index contributed by atoms with van der Waals surface area (Å²) in [5.41, 5.74) is 13.4. The molecule has 46 heavy (non-hydrogen) atoms. The average molecular weight is 586 g/mol. The summed E-state index contributed by atoms with van der Waals surface area (Å²) in [6.07, 6.45) is 8.61. The highest BCUT2D eigenvalue weighted by molar-refractivity contribution is 6.54. The molecule has 0 radical (unpaired) electrons. The summed E-state index contributed by atoms with van der Waals surface area (Å²) >= 11 is 0. The summed E-state index contributed by atoms with van der Waals surface area (Å²) in [7, 11) is 9.02. The van der Waals surface area contributed by atoms with Gasteiger partial charge in [-0.3, -0.25) is 0 Å². The first-order valence-electron chi connectivity index (χ1n) is 16.2. The van der Waals surface area contributed by atoms with E-state index < -0.39 is 0 Å². The van der Waals surface area contributed by atoms with Crippen LogP contribution in [0.25, 0.3) is 66.1 Å². The summed E-state index contributed by atoms with van der Waals surface area (Å²) in [6, 6.07) is 35.3. The van der Waals surface area contributed by atoms with Crippen molar-refractivity contribution in [2.75, 3.05) is 0 Å². The highest BCUT2D eigenvalue weighted by atomic mass is 16.5. The number of rotatable bonds is 3. The van der Waals surface area contributed by atoms with Crippen LogP contribution in [0.2, 0.25) is 0 Å². The predicted octanol–water partition coefficient (Wildman–Crippen LogP) is 3.74. The summed E-state index contributed by atoms with van der Waals surface area (Å²) < 4.78 is 12.9. The van der Waals surface area contributed by atoms with Gasteiger partial charge >= 0.3 is 0 Å². The minimum atomic E-state index is 0.0379. The zero-order valence-corrected chi connectivity index (χ0v) is 26.5. The Hall–Kier alpha value is -5.08. The maximum Gasteiger partial charge on any atom is 0.140 e. The number of ether oxygens (including phenoxy) is 1. The normalized spacial score (nSPS) is 16.6. The van der Waals surface area contributed by atoms with Gasteiger partial charge in [0, 0.05) is 22.4 Å². The lowest BCUT2D eigenvalue weighted by Crippen LogP contribution is -2.20. The second-order valence-corrected chi connectivity index (χ2v) is 13.0. The third-order valence-electron chi connectivity index (χ3n) is 10.1. The van der Waals surface area contributed by atoms with Gasteiger partial charge in [0.05, 0.1) is 0 Å². The molecular weight excluding hydrogens is 556 g/mol. The van der Waals surface area contributed by atoms with Crippen LogP contribution in [0.1, 0.15) is 11.5 Å². The number of hydrogen-bond donors (Lipinski definition) is 0. The minimum Gasteiger partial charge on any atom is -0.485 e. The average Bonchev–Trinajstić information content (AvgIpc) is 3.69. The Morgan fingerprint density at radius 2 is 1.17 bits per heavy atom. The van der Waals surface area contributed by atoms with Crippen LogP contribution in [-0.4, -0.2) is 37.5 Å². The predicted molar refractivity (Wildman–Crippen MR) is 206 cm³/mol. The van der Waals surface area contributed by atoms with E-state index in [0.29, 0.717) is 0 Å². The van der Waals surface area contributed by atoms with E-state index >= 15 is 0 Å². The number of hydrogen-bond acceptors (Lipinski definition) is 2. The van der Waals surface area contributed by atoms with E-state index in [4.69, 9.17) is 9.15 Å². The highest BCUT2D eigenvalue weighted by Gasteiger charge is 2.35. The molecule has 2 aliphatic rings. The fourth-order valence-corrected chi connectivity index (χ4v) is 7.99. The first kappa shape index (κ1) is 27.2. The van der Waals surface area contributed by atoms with Crippen LogP contribution in [0.5, 0.6) is 5.75 Å². The fourth-order valence-electron chi connectivity index (χ4n) is 7.99. The quantitative estimate of drug-likeness (QED) is 0.233. The second-order valence-electron chi connectivity index (χ2n) is 13.0. The Kier molecular flexibility index (Phi) is 6.05. The van der Waals surface area contributed by atoms with Gasteiger partial charge in [-0.15, -0.1) is 0 Å². The Morgan fingerprint density at radius 1 is 0.543 bits per heavy atom. The van der Waals surface area contributed by atoms with E-state index in [9.17, 15) is 0 Å². The summed E-state index contributed by atoms with van der Waals surface area (Å²) in [5.74, 6) is 2.01. The van der Waals surface area contributed by atoms with E-state index in [1.165, 1.54) is 71.2 Å². The topological polar surface area (TPSA) is 22.4 Å². The van der Waals surface area contributed by atoms with Crippen molar-refractivity contribution in [2.45, 2.75) is 12.0 Å². The molecule has 0 saturated heterocycles. The second kappa shape index (κ2) is 10.2. The molecule has 1 aliphatic heterocycles. The molecule has 2 heterocycles. The Bertz CT molecular complexity index is 2390. The molecule has 2 nitrogen and oxygen atoms in total. The molecule has 2 unspecified atom stereocenters. The maximum atomic E-state index is 6.59. The Balaban J connectivity index is 1.31. The van der Waals surface area contributed by atoms with Crippen LogP contribution >= 0.6 is 0 Å². The molecule has 0 amide bonds. The molecule has 2 atom stereocenters. The molecular formula is C40H30B4O2. The van der Waals surface area contributed by atoms with Gasteiger partial charge in [0.1, 0.15) is 54.6 Å². The van der Waals surface area contributed by atoms with E-state index in [2.05, 4.69) is 153 Å². The Labute approximate surface area is 272 Å². The van der Waals surface area contributed by atoms with Crippen molar-refractivity contribution in [2.24, 2.45) is 0 Å². The van der Waals surface area contributed by atoms with E-state index in [-0.39, 0.29) is 12.0 Å². The standard InChI is InChI=1S/C40H30B4O2/c41-26-14-16-28(43)39-35(40-29(44)17-15-27(42)38(40)34(37(26)39)21-7-2-1-3-8-21)22-13-18-30-23(19-22)20-33(45-30)25-10-6-12-32-36(25)24-9-4-5-11-31(24)46-32/h1-20,24,31H,41-44H2. The molecule has 9 rings (SSSR count). The third kappa shape index (κ3) is 3.96. The minimum absolute atomic E-state index is 0.0379. The first-order valence-corrected chi connectivity index (χ1v) is 16.2. The molecule has 6 heteroatoms. The van der Waals surface area contributed by atoms with Gasteiger partial charge < -0.3 is 9.15 Å². The van der Waals surface area contributed by atoms with Crippen LogP contribution in [0.3, 0.4) is 0 Å². The molecule has 0 bridgehead atoms. The van der Waals surface area contributed by atoms with Gasteiger partial charge in [0.2, 0.25) is 0 Å². The van der Waals surface area contributed by atoms with Crippen molar-refractivity contribution >= 4 is 85.8 Å². The van der Waals surface area contributed by atoms with Gasteiger partial charge in [-0.2, -0.15) is 0 Å². The van der Waals surface area contributed by atoms with Crippen molar-refractivity contribution < 1.29 is 9.15 Å². The van der Waals surface area contributed by atoms with Crippen molar-refractivity contribution in [3.8, 4) is 39.3 Å². The summed E-state index contributed by atoms with van der Waals surface area (Å²) in [6.45, 7) is 0. The molecule has 1 aromatic heterocycles. The molecule has 0 fully saturated rings.